The molecule has 1 aliphatic rings. The number of amides is 2. The molecular formula is C11H20N2O3S. The molecule has 6 heteroatoms. The average Bonchev–Trinajstić information content (AvgIpc) is 2.73. The van der Waals surface area contributed by atoms with E-state index in [1.54, 1.807) is 7.11 Å². The maximum absolute atomic E-state index is 11.8. The third kappa shape index (κ3) is 4.55. The standard InChI is InChI=1S/C11H20N2O3S/c1-7(14)12-10(6-17)11(15)13-8-3-4-9(5-8)16-2/h8-10,17H,3-6H2,1-2H3,(H,12,14)(H,13,15). The molecule has 1 saturated carbocycles. The lowest BCUT2D eigenvalue weighted by Crippen LogP contribution is -2.49. The van der Waals surface area contributed by atoms with E-state index in [4.69, 9.17) is 4.74 Å². The molecule has 5 nitrogen and oxygen atoms in total. The largest absolute Gasteiger partial charge is 0.381 e. The van der Waals surface area contributed by atoms with Gasteiger partial charge in [-0.15, -0.1) is 0 Å². The summed E-state index contributed by atoms with van der Waals surface area (Å²) >= 11 is 4.06. The molecule has 0 aromatic carbocycles. The monoisotopic (exact) mass is 260 g/mol. The predicted molar refractivity (Wildman–Crippen MR) is 68.0 cm³/mol. The Morgan fingerprint density at radius 1 is 1.47 bits per heavy atom. The molecular weight excluding hydrogens is 240 g/mol. The zero-order chi connectivity index (χ0) is 12.8. The van der Waals surface area contributed by atoms with Crippen LogP contribution < -0.4 is 10.6 Å². The second-order valence-corrected chi connectivity index (χ2v) is 4.68. The Hall–Kier alpha value is -0.750. The zero-order valence-electron chi connectivity index (χ0n) is 10.2. The van der Waals surface area contributed by atoms with Gasteiger partial charge in [-0.2, -0.15) is 12.6 Å². The quantitative estimate of drug-likeness (QED) is 0.614. The maximum atomic E-state index is 11.8. The number of hydrogen-bond donors (Lipinski definition) is 3. The summed E-state index contributed by atoms with van der Waals surface area (Å²) in [7, 11) is 1.68. The van der Waals surface area contributed by atoms with Gasteiger partial charge in [-0.3, -0.25) is 9.59 Å². The lowest BCUT2D eigenvalue weighted by Gasteiger charge is -2.19. The van der Waals surface area contributed by atoms with Crippen molar-refractivity contribution in [1.29, 1.82) is 0 Å². The molecule has 0 radical (unpaired) electrons. The van der Waals surface area contributed by atoms with Crippen LogP contribution in [0.3, 0.4) is 0 Å². The molecule has 0 aliphatic heterocycles. The molecule has 2 amide bonds. The highest BCUT2D eigenvalue weighted by Gasteiger charge is 2.27. The molecule has 0 aromatic rings. The van der Waals surface area contributed by atoms with Crippen LogP contribution in [0.2, 0.25) is 0 Å². The Labute approximate surface area is 107 Å². The van der Waals surface area contributed by atoms with E-state index < -0.39 is 6.04 Å². The normalized spacial score (nSPS) is 25.4. The molecule has 0 aromatic heterocycles. The summed E-state index contributed by atoms with van der Waals surface area (Å²) in [5, 5.41) is 5.49. The first-order chi connectivity index (χ1) is 8.06. The van der Waals surface area contributed by atoms with E-state index in [1.165, 1.54) is 6.92 Å². The van der Waals surface area contributed by atoms with E-state index in [2.05, 4.69) is 23.3 Å². The van der Waals surface area contributed by atoms with Crippen molar-refractivity contribution >= 4 is 24.4 Å². The van der Waals surface area contributed by atoms with E-state index in [1.807, 2.05) is 0 Å². The summed E-state index contributed by atoms with van der Waals surface area (Å²) in [6.07, 6.45) is 2.95. The Morgan fingerprint density at radius 3 is 2.65 bits per heavy atom. The lowest BCUT2D eigenvalue weighted by molar-refractivity contribution is -0.128. The highest BCUT2D eigenvalue weighted by molar-refractivity contribution is 7.80. The zero-order valence-corrected chi connectivity index (χ0v) is 11.1. The van der Waals surface area contributed by atoms with Gasteiger partial charge >= 0.3 is 0 Å². The minimum absolute atomic E-state index is 0.142. The van der Waals surface area contributed by atoms with Gasteiger partial charge in [0.25, 0.3) is 0 Å². The van der Waals surface area contributed by atoms with E-state index in [-0.39, 0.29) is 24.0 Å². The average molecular weight is 260 g/mol. The minimum atomic E-state index is -0.558. The van der Waals surface area contributed by atoms with Crippen LogP contribution in [0, 0.1) is 0 Å². The smallest absolute Gasteiger partial charge is 0.243 e. The number of nitrogens with one attached hydrogen (secondary N) is 2. The van der Waals surface area contributed by atoms with Gasteiger partial charge in [-0.25, -0.2) is 0 Å². The van der Waals surface area contributed by atoms with Gasteiger partial charge in [0, 0.05) is 25.8 Å². The highest BCUT2D eigenvalue weighted by Crippen LogP contribution is 2.21. The number of ether oxygens (including phenoxy) is 1. The number of carbonyl (C=O) groups excluding carboxylic acids is 2. The van der Waals surface area contributed by atoms with Gasteiger partial charge in [0.15, 0.2) is 0 Å². The molecule has 3 atom stereocenters. The summed E-state index contributed by atoms with van der Waals surface area (Å²) < 4.78 is 5.24. The van der Waals surface area contributed by atoms with E-state index in [0.717, 1.165) is 19.3 Å². The van der Waals surface area contributed by atoms with Crippen molar-refractivity contribution in [1.82, 2.24) is 10.6 Å². The first kappa shape index (κ1) is 14.3. The topological polar surface area (TPSA) is 67.4 Å². The van der Waals surface area contributed by atoms with Crippen LogP contribution in [0.1, 0.15) is 26.2 Å². The Kier molecular flexibility index (Phi) is 5.77. The summed E-state index contributed by atoms with van der Waals surface area (Å²) in [6.45, 7) is 1.39. The fraction of sp³-hybridized carbons (Fsp3) is 0.818. The summed E-state index contributed by atoms with van der Waals surface area (Å²) in [5.41, 5.74) is 0. The third-order valence-corrected chi connectivity index (χ3v) is 3.31. The molecule has 0 spiro atoms. The van der Waals surface area contributed by atoms with Gasteiger partial charge < -0.3 is 15.4 Å². The predicted octanol–water partition coefficient (Wildman–Crippen LogP) is 0.105. The van der Waals surface area contributed by atoms with Crippen LogP contribution in [0.5, 0.6) is 0 Å². The van der Waals surface area contributed by atoms with Gasteiger partial charge in [0.1, 0.15) is 6.04 Å². The van der Waals surface area contributed by atoms with Crippen molar-refractivity contribution in [3.8, 4) is 0 Å². The van der Waals surface area contributed by atoms with Gasteiger partial charge in [0.2, 0.25) is 11.8 Å². The molecule has 0 heterocycles. The molecule has 17 heavy (non-hydrogen) atoms. The highest BCUT2D eigenvalue weighted by atomic mass is 32.1. The molecule has 0 bridgehead atoms. The Morgan fingerprint density at radius 2 is 2.18 bits per heavy atom. The van der Waals surface area contributed by atoms with Crippen molar-refractivity contribution in [2.24, 2.45) is 0 Å². The minimum Gasteiger partial charge on any atom is -0.381 e. The van der Waals surface area contributed by atoms with E-state index >= 15 is 0 Å². The van der Waals surface area contributed by atoms with Crippen LogP contribution in [-0.4, -0.2) is 42.9 Å². The van der Waals surface area contributed by atoms with Crippen LogP contribution >= 0.6 is 12.6 Å². The maximum Gasteiger partial charge on any atom is 0.243 e. The number of hydrogen-bond acceptors (Lipinski definition) is 4. The van der Waals surface area contributed by atoms with Crippen molar-refractivity contribution in [2.75, 3.05) is 12.9 Å². The second-order valence-electron chi connectivity index (χ2n) is 4.31. The van der Waals surface area contributed by atoms with Crippen LogP contribution in [-0.2, 0) is 14.3 Å². The van der Waals surface area contributed by atoms with E-state index in [0.29, 0.717) is 5.75 Å². The number of rotatable bonds is 5. The fourth-order valence-corrected chi connectivity index (χ4v) is 2.28. The van der Waals surface area contributed by atoms with Crippen LogP contribution in [0.25, 0.3) is 0 Å². The Balaban J connectivity index is 2.39. The summed E-state index contributed by atoms with van der Waals surface area (Å²) in [6, 6.07) is -0.416. The van der Waals surface area contributed by atoms with Gasteiger partial charge in [0.05, 0.1) is 6.10 Å². The first-order valence-electron chi connectivity index (χ1n) is 5.78. The van der Waals surface area contributed by atoms with Crippen molar-refractivity contribution in [3.05, 3.63) is 0 Å². The first-order valence-corrected chi connectivity index (χ1v) is 6.41. The van der Waals surface area contributed by atoms with Gasteiger partial charge in [-0.05, 0) is 19.3 Å². The van der Waals surface area contributed by atoms with Crippen LogP contribution in [0.4, 0.5) is 0 Å². The Bertz CT molecular complexity index is 286. The number of methoxy groups -OCH3 is 1. The number of carbonyl (C=O) groups is 2. The molecule has 1 aliphatic carbocycles. The molecule has 1 fully saturated rings. The molecule has 3 unspecified atom stereocenters. The molecule has 98 valence electrons. The third-order valence-electron chi connectivity index (χ3n) is 2.94. The summed E-state index contributed by atoms with van der Waals surface area (Å²) in [5.74, 6) is -0.0939. The van der Waals surface area contributed by atoms with Crippen molar-refractivity contribution < 1.29 is 14.3 Å². The lowest BCUT2D eigenvalue weighted by atomic mass is 10.2. The molecule has 1 rings (SSSR count). The second kappa shape index (κ2) is 6.86. The van der Waals surface area contributed by atoms with Crippen LogP contribution in [0.15, 0.2) is 0 Å². The summed E-state index contributed by atoms with van der Waals surface area (Å²) in [4.78, 5) is 22.8. The van der Waals surface area contributed by atoms with Crippen molar-refractivity contribution in [3.63, 3.8) is 0 Å². The number of thiol groups is 1. The molecule has 0 saturated heterocycles. The van der Waals surface area contributed by atoms with Gasteiger partial charge in [-0.1, -0.05) is 0 Å². The molecule has 2 N–H and O–H groups in total. The van der Waals surface area contributed by atoms with Crippen molar-refractivity contribution in [2.45, 2.75) is 44.4 Å². The van der Waals surface area contributed by atoms with E-state index in [9.17, 15) is 9.59 Å². The fourth-order valence-electron chi connectivity index (χ4n) is 2.03. The SMILES string of the molecule is COC1CCC(NC(=O)C(CS)NC(C)=O)C1.